The Hall–Kier alpha value is -2.87. The number of nitrogens with zero attached hydrogens (tertiary/aromatic N) is 5. The Labute approximate surface area is 192 Å². The van der Waals surface area contributed by atoms with E-state index in [1.807, 2.05) is 0 Å². The van der Waals surface area contributed by atoms with Gasteiger partial charge in [0, 0.05) is 31.7 Å². The smallest absolute Gasteiger partial charge is 0.229 e. The van der Waals surface area contributed by atoms with E-state index in [0.717, 1.165) is 68.0 Å². The lowest BCUT2D eigenvalue weighted by Crippen LogP contribution is -2.41. The number of hydrogen-bond acceptors (Lipinski definition) is 6. The number of aryl methyl sites for hydroxylation is 2. The lowest BCUT2D eigenvalue weighted by atomic mass is 9.97. The second-order valence-corrected chi connectivity index (χ2v) is 8.89. The van der Waals surface area contributed by atoms with Gasteiger partial charge in [0.05, 0.1) is 18.1 Å². The number of rotatable bonds is 4. The fraction of sp³-hybridized carbons (Fsp3) is 0.478. The molecule has 0 saturated carbocycles. The minimum atomic E-state index is -0.143. The van der Waals surface area contributed by atoms with E-state index in [2.05, 4.69) is 24.8 Å². The number of benzene rings is 1. The largest absolute Gasteiger partial charge is 0.495 e. The van der Waals surface area contributed by atoms with Crippen LogP contribution in [0.15, 0.2) is 24.5 Å². The van der Waals surface area contributed by atoms with Gasteiger partial charge >= 0.3 is 0 Å². The molecule has 3 aromatic rings. The molecule has 2 aliphatic rings. The van der Waals surface area contributed by atoms with Gasteiger partial charge in [-0.05, 0) is 43.9 Å². The van der Waals surface area contributed by atoms with Crippen molar-refractivity contribution < 1.29 is 9.53 Å². The maximum absolute atomic E-state index is 13.0. The van der Waals surface area contributed by atoms with Crippen LogP contribution < -0.4 is 15.0 Å². The van der Waals surface area contributed by atoms with E-state index in [-0.39, 0.29) is 11.8 Å². The average Bonchev–Trinajstić information content (AvgIpc) is 3.00. The molecule has 168 valence electrons. The number of fused-ring (bicyclic) bond motifs is 3. The van der Waals surface area contributed by atoms with Crippen LogP contribution in [0.4, 0.5) is 11.5 Å². The first kappa shape index (κ1) is 21.0. The first-order valence-corrected chi connectivity index (χ1v) is 11.6. The molecule has 8 nitrogen and oxygen atoms in total. The van der Waals surface area contributed by atoms with Crippen LogP contribution in [0, 0.1) is 5.92 Å². The molecule has 1 atom stereocenters. The second kappa shape index (κ2) is 8.94. The lowest BCUT2D eigenvalue weighted by molar-refractivity contribution is -0.120. The molecule has 5 rings (SSSR count). The number of carbonyl (C=O) groups is 1. The maximum Gasteiger partial charge on any atom is 0.229 e. The van der Waals surface area contributed by atoms with Crippen molar-refractivity contribution >= 4 is 40.2 Å². The highest BCUT2D eigenvalue weighted by atomic mass is 35.5. The fourth-order valence-electron chi connectivity index (χ4n) is 4.73. The summed E-state index contributed by atoms with van der Waals surface area (Å²) in [5.74, 6) is 2.36. The van der Waals surface area contributed by atoms with Crippen LogP contribution in [-0.2, 0) is 17.8 Å². The molecule has 2 aromatic heterocycles. The minimum Gasteiger partial charge on any atom is -0.495 e. The Morgan fingerprint density at radius 3 is 2.94 bits per heavy atom. The molecule has 0 aliphatic carbocycles. The highest BCUT2D eigenvalue weighted by Gasteiger charge is 2.29. The Balaban J connectivity index is 1.35. The van der Waals surface area contributed by atoms with Gasteiger partial charge < -0.3 is 19.5 Å². The number of hydrogen-bond donors (Lipinski definition) is 1. The summed E-state index contributed by atoms with van der Waals surface area (Å²) in [5, 5.41) is 3.47. The van der Waals surface area contributed by atoms with Gasteiger partial charge in [-0.25, -0.2) is 15.0 Å². The van der Waals surface area contributed by atoms with Crippen molar-refractivity contribution in [2.75, 3.05) is 30.4 Å². The molecular weight excluding hydrogens is 428 g/mol. The molecule has 0 spiro atoms. The third-order valence-electron chi connectivity index (χ3n) is 6.38. The molecule has 1 unspecified atom stereocenters. The van der Waals surface area contributed by atoms with E-state index in [1.165, 1.54) is 6.42 Å². The van der Waals surface area contributed by atoms with Gasteiger partial charge in [0.2, 0.25) is 5.91 Å². The molecule has 32 heavy (non-hydrogen) atoms. The van der Waals surface area contributed by atoms with Crippen LogP contribution in [0.3, 0.4) is 0 Å². The van der Waals surface area contributed by atoms with Crippen molar-refractivity contribution in [3.8, 4) is 5.75 Å². The highest BCUT2D eigenvalue weighted by molar-refractivity contribution is 6.32. The van der Waals surface area contributed by atoms with Crippen molar-refractivity contribution in [2.24, 2.45) is 5.92 Å². The number of nitrogens with one attached hydrogen (secondary N) is 1. The third-order valence-corrected chi connectivity index (χ3v) is 6.68. The molecule has 9 heteroatoms. The minimum absolute atomic E-state index is 0.0122. The summed E-state index contributed by atoms with van der Waals surface area (Å²) in [7, 11) is 1.57. The maximum atomic E-state index is 13.0. The number of ether oxygens (including phenoxy) is 1. The van der Waals surface area contributed by atoms with Crippen molar-refractivity contribution in [1.29, 1.82) is 0 Å². The van der Waals surface area contributed by atoms with E-state index in [9.17, 15) is 4.79 Å². The van der Waals surface area contributed by atoms with Gasteiger partial charge in [0.15, 0.2) is 17.0 Å². The second-order valence-electron chi connectivity index (χ2n) is 8.48. The summed E-state index contributed by atoms with van der Waals surface area (Å²) in [6.45, 7) is 2.41. The zero-order valence-corrected chi connectivity index (χ0v) is 18.9. The van der Waals surface area contributed by atoms with Crippen molar-refractivity contribution in [2.45, 2.75) is 45.1 Å². The number of piperidine rings is 1. The van der Waals surface area contributed by atoms with E-state index in [4.69, 9.17) is 21.3 Å². The number of halogens is 1. The Morgan fingerprint density at radius 2 is 2.09 bits per heavy atom. The first-order valence-electron chi connectivity index (χ1n) is 11.2. The summed E-state index contributed by atoms with van der Waals surface area (Å²) >= 11 is 6.20. The number of amides is 1. The van der Waals surface area contributed by atoms with Crippen molar-refractivity contribution in [3.05, 3.63) is 35.4 Å². The average molecular weight is 455 g/mol. The Bertz CT molecular complexity index is 1150. The van der Waals surface area contributed by atoms with E-state index in [1.54, 1.807) is 31.6 Å². The lowest BCUT2D eigenvalue weighted by Gasteiger charge is -2.32. The van der Waals surface area contributed by atoms with Crippen LogP contribution >= 0.6 is 11.6 Å². The molecule has 0 bridgehead atoms. The van der Waals surface area contributed by atoms with Gasteiger partial charge in [0.1, 0.15) is 17.9 Å². The van der Waals surface area contributed by atoms with Crippen molar-refractivity contribution in [1.82, 2.24) is 19.5 Å². The molecule has 0 radical (unpaired) electrons. The topological polar surface area (TPSA) is 85.2 Å². The summed E-state index contributed by atoms with van der Waals surface area (Å²) in [5.41, 5.74) is 2.43. The van der Waals surface area contributed by atoms with Crippen LogP contribution in [0.2, 0.25) is 5.02 Å². The van der Waals surface area contributed by atoms with Gasteiger partial charge in [-0.3, -0.25) is 4.79 Å². The molecule has 4 heterocycles. The normalized spacial score (nSPS) is 18.8. The van der Waals surface area contributed by atoms with E-state index >= 15 is 0 Å². The van der Waals surface area contributed by atoms with Crippen LogP contribution in [0.25, 0.3) is 11.2 Å². The Morgan fingerprint density at radius 1 is 1.19 bits per heavy atom. The number of anilines is 2. The van der Waals surface area contributed by atoms with Crippen molar-refractivity contribution in [3.63, 3.8) is 0 Å². The van der Waals surface area contributed by atoms with Crippen LogP contribution in [0.1, 0.15) is 37.9 Å². The number of carbonyl (C=O) groups excluding carboxylic acids is 1. The molecule has 1 aromatic carbocycles. The van der Waals surface area contributed by atoms with Gasteiger partial charge in [-0.15, -0.1) is 0 Å². The van der Waals surface area contributed by atoms with Crippen LogP contribution in [-0.4, -0.2) is 45.6 Å². The quantitative estimate of drug-likeness (QED) is 0.639. The monoisotopic (exact) mass is 454 g/mol. The zero-order chi connectivity index (χ0) is 22.1. The molecule has 1 amide bonds. The zero-order valence-electron chi connectivity index (χ0n) is 18.2. The molecule has 1 N–H and O–H groups in total. The Kier molecular flexibility index (Phi) is 5.87. The van der Waals surface area contributed by atoms with E-state index < -0.39 is 0 Å². The predicted molar refractivity (Wildman–Crippen MR) is 124 cm³/mol. The first-order chi connectivity index (χ1) is 15.6. The van der Waals surface area contributed by atoms with Gasteiger partial charge in [-0.2, -0.15) is 0 Å². The molecule has 1 fully saturated rings. The van der Waals surface area contributed by atoms with E-state index in [0.29, 0.717) is 23.0 Å². The van der Waals surface area contributed by atoms with Crippen LogP contribution in [0.5, 0.6) is 5.75 Å². The van der Waals surface area contributed by atoms with Gasteiger partial charge in [-0.1, -0.05) is 18.0 Å². The number of imidazole rings is 1. The predicted octanol–water partition coefficient (Wildman–Crippen LogP) is 4.07. The molecule has 1 saturated heterocycles. The summed E-state index contributed by atoms with van der Waals surface area (Å²) < 4.78 is 7.43. The molecule has 2 aliphatic heterocycles. The number of aromatic nitrogens is 4. The molecular formula is C23H27ClN6O2. The summed E-state index contributed by atoms with van der Waals surface area (Å²) in [4.78, 5) is 29.2. The third kappa shape index (κ3) is 3.99. The summed E-state index contributed by atoms with van der Waals surface area (Å²) in [6, 6.07) is 5.27. The van der Waals surface area contributed by atoms with Gasteiger partial charge in [0.25, 0.3) is 0 Å². The number of methoxy groups -OCH3 is 1. The SMILES string of the molecule is COc1ccc(NC(=O)C2CCCN(c3ncnc4c3nc3n4CCCCC3)C2)cc1Cl. The fourth-order valence-corrected chi connectivity index (χ4v) is 4.99. The summed E-state index contributed by atoms with van der Waals surface area (Å²) in [6.07, 6.45) is 7.89. The highest BCUT2D eigenvalue weighted by Crippen LogP contribution is 2.31. The standard InChI is InChI=1S/C23H27ClN6O2/c1-32-18-9-8-16(12-17(18)24)27-23(31)15-6-5-10-29(13-15)21-20-22(26-14-25-21)30-11-4-2-3-7-19(30)28-20/h8-9,12,14-15H,2-7,10-11,13H2,1H3,(H,27,31).